The largest absolute Gasteiger partial charge is 0.441 e. The third-order valence-corrected chi connectivity index (χ3v) is 5.41. The van der Waals surface area contributed by atoms with E-state index >= 15 is 0 Å². The number of halogens is 2. The second-order valence-corrected chi connectivity index (χ2v) is 8.61. The average Bonchev–Trinajstić information content (AvgIpc) is 2.94. The summed E-state index contributed by atoms with van der Waals surface area (Å²) in [7, 11) is -1.81. The fraction of sp³-hybridized carbons (Fsp3) is 0.588. The summed E-state index contributed by atoms with van der Waals surface area (Å²) in [5, 5.41) is 0. The van der Waals surface area contributed by atoms with Crippen LogP contribution in [-0.2, 0) is 19.0 Å². The Morgan fingerprint density at radius 3 is 2.64 bits per heavy atom. The van der Waals surface area contributed by atoms with Crippen LogP contribution in [0.4, 0.5) is 25.0 Å². The van der Waals surface area contributed by atoms with Crippen LogP contribution in [0.25, 0.3) is 0 Å². The maximum Gasteiger partial charge on any atom is 0.414 e. The Labute approximate surface area is 162 Å². The second kappa shape index (κ2) is 8.18. The lowest BCUT2D eigenvalue weighted by Crippen LogP contribution is -2.59. The lowest BCUT2D eigenvalue weighted by atomic mass is 10.1. The summed E-state index contributed by atoms with van der Waals surface area (Å²) in [6.07, 6.45) is -0.538. The van der Waals surface area contributed by atoms with Crippen LogP contribution in [0.3, 0.4) is 0 Å². The van der Waals surface area contributed by atoms with Crippen molar-refractivity contribution in [3.63, 3.8) is 0 Å². The number of benzene rings is 1. The van der Waals surface area contributed by atoms with Crippen molar-refractivity contribution in [2.24, 2.45) is 0 Å². The Balaban J connectivity index is 1.61. The molecule has 156 valence electrons. The minimum Gasteiger partial charge on any atom is -0.441 e. The summed E-state index contributed by atoms with van der Waals surface area (Å²) in [6, 6.07) is 4.62. The number of anilines is 2. The highest BCUT2D eigenvalue weighted by Crippen LogP contribution is 2.31. The molecule has 0 aliphatic carbocycles. The molecule has 8 nitrogen and oxygen atoms in total. The number of hydrogen-bond donors (Lipinski definition) is 0. The Hall–Kier alpha value is -1.98. The minimum atomic E-state index is -3.64. The van der Waals surface area contributed by atoms with Gasteiger partial charge in [0.15, 0.2) is 0 Å². The lowest BCUT2D eigenvalue weighted by Gasteiger charge is -2.45. The van der Waals surface area contributed by atoms with Gasteiger partial charge in [-0.1, -0.05) is 0 Å². The van der Waals surface area contributed by atoms with Crippen LogP contribution >= 0.6 is 0 Å². The third kappa shape index (κ3) is 4.70. The molecule has 1 aromatic carbocycles. The van der Waals surface area contributed by atoms with Crippen molar-refractivity contribution < 1.29 is 30.9 Å². The molecule has 1 amide bonds. The first-order valence-corrected chi connectivity index (χ1v) is 10.6. The molecule has 1 aromatic rings. The third-order valence-electron chi connectivity index (χ3n) is 4.85. The van der Waals surface area contributed by atoms with Gasteiger partial charge in [-0.05, 0) is 25.2 Å². The predicted molar refractivity (Wildman–Crippen MR) is 99.4 cm³/mol. The molecule has 0 aromatic heterocycles. The second-order valence-electron chi connectivity index (χ2n) is 6.97. The van der Waals surface area contributed by atoms with Gasteiger partial charge in [0.1, 0.15) is 25.2 Å². The fourth-order valence-corrected chi connectivity index (χ4v) is 3.58. The molecule has 0 spiro atoms. The molecule has 0 N–H and O–H groups in total. The van der Waals surface area contributed by atoms with E-state index in [9.17, 15) is 22.0 Å². The normalized spacial score (nSPS) is 20.6. The molecule has 2 aliphatic rings. The number of nitrogens with zero attached hydrogens (tertiary/aromatic N) is 3. The van der Waals surface area contributed by atoms with Crippen LogP contribution in [0.2, 0.25) is 0 Å². The van der Waals surface area contributed by atoms with Gasteiger partial charge in [0.05, 0.1) is 24.2 Å². The van der Waals surface area contributed by atoms with Gasteiger partial charge in [-0.3, -0.25) is 14.0 Å². The molecule has 2 saturated heterocycles. The maximum atomic E-state index is 14.6. The van der Waals surface area contributed by atoms with E-state index in [1.165, 1.54) is 11.0 Å². The van der Waals surface area contributed by atoms with Gasteiger partial charge in [-0.2, -0.15) is 8.42 Å². The summed E-state index contributed by atoms with van der Waals surface area (Å²) in [6.45, 7) is 0.905. The van der Waals surface area contributed by atoms with Gasteiger partial charge >= 0.3 is 6.09 Å². The molecule has 28 heavy (non-hydrogen) atoms. The van der Waals surface area contributed by atoms with Crippen LogP contribution in [0.5, 0.6) is 0 Å². The first kappa shape index (κ1) is 20.7. The highest BCUT2D eigenvalue weighted by molar-refractivity contribution is 7.85. The van der Waals surface area contributed by atoms with Crippen molar-refractivity contribution >= 4 is 27.6 Å². The average molecular weight is 419 g/mol. The van der Waals surface area contributed by atoms with Crippen molar-refractivity contribution in [3.05, 3.63) is 24.0 Å². The van der Waals surface area contributed by atoms with E-state index < -0.39 is 34.8 Å². The van der Waals surface area contributed by atoms with Gasteiger partial charge in [0.25, 0.3) is 10.1 Å². The van der Waals surface area contributed by atoms with E-state index in [0.29, 0.717) is 31.0 Å². The van der Waals surface area contributed by atoms with Gasteiger partial charge in [0.2, 0.25) is 0 Å². The Kier molecular flexibility index (Phi) is 6.06. The summed E-state index contributed by atoms with van der Waals surface area (Å²) in [4.78, 5) is 17.0. The summed E-state index contributed by atoms with van der Waals surface area (Å²) >= 11 is 0. The molecule has 2 fully saturated rings. The fourth-order valence-electron chi connectivity index (χ4n) is 3.19. The zero-order valence-corrected chi connectivity index (χ0v) is 16.5. The molecular formula is C17H23F2N3O5S. The molecule has 0 bridgehead atoms. The van der Waals surface area contributed by atoms with E-state index in [-0.39, 0.29) is 19.2 Å². The van der Waals surface area contributed by atoms with Gasteiger partial charge in [-0.25, -0.2) is 13.6 Å². The Bertz CT molecular complexity index is 832. The smallest absolute Gasteiger partial charge is 0.414 e. The molecular weight excluding hydrogens is 396 g/mol. The number of carbonyl (C=O) groups is 1. The van der Waals surface area contributed by atoms with Crippen molar-refractivity contribution in [2.45, 2.75) is 12.1 Å². The van der Waals surface area contributed by atoms with Crippen molar-refractivity contribution in [3.8, 4) is 0 Å². The number of hydrogen-bond acceptors (Lipinski definition) is 7. The van der Waals surface area contributed by atoms with Gasteiger partial charge in [0, 0.05) is 25.7 Å². The summed E-state index contributed by atoms with van der Waals surface area (Å²) in [5.74, 6) is -0.479. The van der Waals surface area contributed by atoms with E-state index in [4.69, 9.17) is 4.74 Å². The topological polar surface area (TPSA) is 79.4 Å². The zero-order chi connectivity index (χ0) is 20.5. The Morgan fingerprint density at radius 1 is 1.32 bits per heavy atom. The van der Waals surface area contributed by atoms with E-state index in [1.54, 1.807) is 12.1 Å². The van der Waals surface area contributed by atoms with Crippen LogP contribution in [0.15, 0.2) is 18.2 Å². The van der Waals surface area contributed by atoms with Crippen LogP contribution < -0.4 is 9.80 Å². The summed E-state index contributed by atoms with van der Waals surface area (Å²) < 4.78 is 58.8. The van der Waals surface area contributed by atoms with Crippen LogP contribution in [0, 0.1) is 5.82 Å². The predicted octanol–water partition coefficient (Wildman–Crippen LogP) is 1.22. The highest BCUT2D eigenvalue weighted by Gasteiger charge is 2.35. The molecule has 3 rings (SSSR count). The molecule has 2 aliphatic heterocycles. The first-order valence-electron chi connectivity index (χ1n) is 8.81. The van der Waals surface area contributed by atoms with Crippen molar-refractivity contribution in [1.29, 1.82) is 0 Å². The number of likely N-dealkylation sites (N-methyl/N-ethyl adjacent to an activating group) is 1. The quantitative estimate of drug-likeness (QED) is 0.586. The van der Waals surface area contributed by atoms with Gasteiger partial charge < -0.3 is 9.64 Å². The number of rotatable bonds is 8. The maximum absolute atomic E-state index is 14.6. The van der Waals surface area contributed by atoms with Crippen molar-refractivity contribution in [2.75, 3.05) is 62.6 Å². The van der Waals surface area contributed by atoms with E-state index in [0.717, 1.165) is 6.26 Å². The molecule has 0 saturated carbocycles. The molecule has 0 unspecified atom stereocenters. The summed E-state index contributed by atoms with van der Waals surface area (Å²) in [5.41, 5.74) is 0.734. The molecule has 11 heteroatoms. The van der Waals surface area contributed by atoms with Gasteiger partial charge in [-0.15, -0.1) is 0 Å². The first-order chi connectivity index (χ1) is 13.2. The minimum absolute atomic E-state index is 0.0625. The standard InChI is InChI=1S/C17H23F2N3O5S/c1-20(6-5-18)13-8-21(9-13)16-4-3-12(7-15(16)19)22-10-14(27-17(22)23)11-26-28(2,24)25/h3-4,7,13-14H,5-6,8-11H2,1-2H3/t14-/m1/s1. The van der Waals surface area contributed by atoms with Crippen molar-refractivity contribution in [1.82, 2.24) is 4.90 Å². The highest BCUT2D eigenvalue weighted by atomic mass is 32.2. The zero-order valence-electron chi connectivity index (χ0n) is 15.7. The van der Waals surface area contributed by atoms with Crippen LogP contribution in [0.1, 0.15) is 0 Å². The monoisotopic (exact) mass is 419 g/mol. The molecule has 1 atom stereocenters. The molecule has 0 radical (unpaired) electrons. The number of cyclic esters (lactones) is 1. The SMILES string of the molecule is CN(CCF)C1CN(c2ccc(N3C[C@H](COS(C)(=O)=O)OC3=O)cc2F)C1. The molecule has 2 heterocycles. The number of amides is 1. The Morgan fingerprint density at radius 2 is 2.04 bits per heavy atom. The number of carbonyl (C=O) groups excluding carboxylic acids is 1. The number of ether oxygens (including phenoxy) is 1. The van der Waals surface area contributed by atoms with E-state index in [1.807, 2.05) is 16.8 Å². The van der Waals surface area contributed by atoms with E-state index in [2.05, 4.69) is 4.18 Å². The number of alkyl halides is 1. The van der Waals surface area contributed by atoms with Crippen LogP contribution in [-0.4, -0.2) is 84.3 Å². The lowest BCUT2D eigenvalue weighted by molar-refractivity contribution is 0.107.